The molecule has 94 valence electrons. The number of non-ortho nitro benzene ring substituents is 1. The highest BCUT2D eigenvalue weighted by Crippen LogP contribution is 2.23. The first-order chi connectivity index (χ1) is 7.79. The average molecular weight is 370 g/mol. The molecule has 0 heterocycles. The summed E-state index contributed by atoms with van der Waals surface area (Å²) >= 11 is 1.96. The van der Waals surface area contributed by atoms with Crippen LogP contribution in [-0.2, 0) is 9.84 Å². The first-order valence-electron chi connectivity index (χ1n) is 4.65. The molecule has 0 fully saturated rings. The number of halogens is 1. The van der Waals surface area contributed by atoms with Gasteiger partial charge >= 0.3 is 0 Å². The highest BCUT2D eigenvalue weighted by atomic mass is 127. The number of nitrogens with zero attached hydrogens (tertiary/aromatic N) is 1. The van der Waals surface area contributed by atoms with Gasteiger partial charge in [0.15, 0.2) is 0 Å². The van der Waals surface area contributed by atoms with Gasteiger partial charge in [0.25, 0.3) is 5.69 Å². The summed E-state index contributed by atoms with van der Waals surface area (Å²) in [5, 5.41) is 13.4. The summed E-state index contributed by atoms with van der Waals surface area (Å²) in [5.74, 6) is 0.0278. The van der Waals surface area contributed by atoms with Crippen LogP contribution >= 0.6 is 22.6 Å². The zero-order valence-electron chi connectivity index (χ0n) is 9.01. The van der Waals surface area contributed by atoms with Crippen molar-refractivity contribution in [1.82, 2.24) is 0 Å². The van der Waals surface area contributed by atoms with E-state index >= 15 is 0 Å². The molecule has 0 bridgehead atoms. The van der Waals surface area contributed by atoms with Gasteiger partial charge in [0.1, 0.15) is 9.84 Å². The van der Waals surface area contributed by atoms with Crippen molar-refractivity contribution in [3.05, 3.63) is 31.9 Å². The van der Waals surface area contributed by atoms with E-state index in [0.717, 1.165) is 6.26 Å². The van der Waals surface area contributed by atoms with E-state index in [1.54, 1.807) is 6.07 Å². The number of benzene rings is 1. The second kappa shape index (κ2) is 5.63. The predicted octanol–water partition coefficient (Wildman–Crippen LogP) is 1.66. The van der Waals surface area contributed by atoms with Crippen molar-refractivity contribution in [3.63, 3.8) is 0 Å². The highest BCUT2D eigenvalue weighted by Gasteiger charge is 2.09. The van der Waals surface area contributed by atoms with Crippen LogP contribution in [0.2, 0.25) is 0 Å². The van der Waals surface area contributed by atoms with Crippen LogP contribution in [0.25, 0.3) is 0 Å². The van der Waals surface area contributed by atoms with Gasteiger partial charge in [-0.2, -0.15) is 0 Å². The molecular formula is C9H11IN2O4S. The van der Waals surface area contributed by atoms with Gasteiger partial charge in [-0.3, -0.25) is 10.1 Å². The van der Waals surface area contributed by atoms with E-state index in [1.807, 2.05) is 22.6 Å². The standard InChI is InChI=1S/C9H11IN2O4S/c1-17(15,16)5-4-11-9-3-2-7(12(13)14)6-8(9)10/h2-3,6,11H,4-5H2,1H3. The molecule has 1 N–H and O–H groups in total. The monoisotopic (exact) mass is 370 g/mol. The molecule has 0 unspecified atom stereocenters. The van der Waals surface area contributed by atoms with E-state index in [4.69, 9.17) is 0 Å². The van der Waals surface area contributed by atoms with Crippen LogP contribution in [0.5, 0.6) is 0 Å². The maximum atomic E-state index is 10.9. The molecule has 6 nitrogen and oxygen atoms in total. The quantitative estimate of drug-likeness (QED) is 0.484. The number of anilines is 1. The lowest BCUT2D eigenvalue weighted by Gasteiger charge is -2.07. The molecule has 0 atom stereocenters. The van der Waals surface area contributed by atoms with Crippen molar-refractivity contribution in [2.45, 2.75) is 0 Å². The molecule has 0 spiro atoms. The van der Waals surface area contributed by atoms with E-state index in [2.05, 4.69) is 5.32 Å². The van der Waals surface area contributed by atoms with Crippen LogP contribution in [0.4, 0.5) is 11.4 Å². The third-order valence-corrected chi connectivity index (χ3v) is 3.79. The number of rotatable bonds is 5. The minimum atomic E-state index is -3.00. The highest BCUT2D eigenvalue weighted by molar-refractivity contribution is 14.1. The van der Waals surface area contributed by atoms with E-state index in [0.29, 0.717) is 9.26 Å². The zero-order chi connectivity index (χ0) is 13.1. The molecule has 1 aromatic rings. The van der Waals surface area contributed by atoms with Crippen LogP contribution in [0, 0.1) is 13.7 Å². The summed E-state index contributed by atoms with van der Waals surface area (Å²) in [6.45, 7) is 0.284. The average Bonchev–Trinajstić information content (AvgIpc) is 2.18. The fourth-order valence-corrected chi connectivity index (χ4v) is 2.29. The summed E-state index contributed by atoms with van der Waals surface area (Å²) in [6, 6.07) is 4.39. The Morgan fingerprint density at radius 3 is 2.59 bits per heavy atom. The third-order valence-electron chi connectivity index (χ3n) is 1.95. The van der Waals surface area contributed by atoms with E-state index < -0.39 is 14.8 Å². The summed E-state index contributed by atoms with van der Waals surface area (Å²) in [6.07, 6.45) is 1.16. The zero-order valence-corrected chi connectivity index (χ0v) is 12.0. The lowest BCUT2D eigenvalue weighted by Crippen LogP contribution is -2.14. The maximum absolute atomic E-state index is 10.9. The van der Waals surface area contributed by atoms with Crippen molar-refractivity contribution < 1.29 is 13.3 Å². The van der Waals surface area contributed by atoms with Crippen molar-refractivity contribution in [3.8, 4) is 0 Å². The number of nitro groups is 1. The Hall–Kier alpha value is -0.900. The SMILES string of the molecule is CS(=O)(=O)CCNc1ccc([N+](=O)[O-])cc1I. The smallest absolute Gasteiger partial charge is 0.270 e. The molecule has 8 heteroatoms. The van der Waals surface area contributed by atoms with Gasteiger partial charge in [0.05, 0.1) is 10.7 Å². The van der Waals surface area contributed by atoms with Crippen LogP contribution in [-0.4, -0.2) is 31.9 Å². The Morgan fingerprint density at radius 2 is 2.12 bits per heavy atom. The molecule has 0 aromatic heterocycles. The van der Waals surface area contributed by atoms with Crippen molar-refractivity contribution in [1.29, 1.82) is 0 Å². The van der Waals surface area contributed by atoms with E-state index in [1.165, 1.54) is 12.1 Å². The van der Waals surface area contributed by atoms with Crippen molar-refractivity contribution >= 4 is 43.8 Å². The molecule has 0 aliphatic carbocycles. The second-order valence-corrected chi connectivity index (χ2v) is 6.90. The predicted molar refractivity (Wildman–Crippen MR) is 74.0 cm³/mol. The van der Waals surface area contributed by atoms with Crippen molar-refractivity contribution in [2.24, 2.45) is 0 Å². The molecule has 0 saturated carbocycles. The minimum absolute atomic E-state index is 0.0167. The lowest BCUT2D eigenvalue weighted by molar-refractivity contribution is -0.384. The number of hydrogen-bond acceptors (Lipinski definition) is 5. The molecule has 0 amide bonds. The molecule has 17 heavy (non-hydrogen) atoms. The Kier molecular flexibility index (Phi) is 4.69. The Balaban J connectivity index is 2.70. The Bertz CT molecular complexity index is 530. The van der Waals surface area contributed by atoms with Crippen LogP contribution in [0.3, 0.4) is 0 Å². The van der Waals surface area contributed by atoms with Gasteiger partial charge in [-0.15, -0.1) is 0 Å². The Labute approximate surface area is 113 Å². The summed E-state index contributed by atoms with van der Waals surface area (Å²) in [7, 11) is -3.00. The van der Waals surface area contributed by atoms with Crippen LogP contribution < -0.4 is 5.32 Å². The lowest BCUT2D eigenvalue weighted by atomic mass is 10.3. The Morgan fingerprint density at radius 1 is 1.47 bits per heavy atom. The van der Waals surface area contributed by atoms with Crippen LogP contribution in [0.1, 0.15) is 0 Å². The summed E-state index contributed by atoms with van der Waals surface area (Å²) < 4.78 is 22.5. The molecule has 1 rings (SSSR count). The van der Waals surface area contributed by atoms with Crippen molar-refractivity contribution in [2.75, 3.05) is 23.9 Å². The molecule has 0 aliphatic heterocycles. The maximum Gasteiger partial charge on any atom is 0.270 e. The first-order valence-corrected chi connectivity index (χ1v) is 7.79. The third kappa shape index (κ3) is 4.86. The number of nitro benzene ring substituents is 1. The molecular weight excluding hydrogens is 359 g/mol. The van der Waals surface area contributed by atoms with E-state index in [9.17, 15) is 18.5 Å². The largest absolute Gasteiger partial charge is 0.383 e. The second-order valence-electron chi connectivity index (χ2n) is 3.48. The molecule has 0 radical (unpaired) electrons. The number of hydrogen-bond donors (Lipinski definition) is 1. The first kappa shape index (κ1) is 14.2. The minimum Gasteiger partial charge on any atom is -0.383 e. The van der Waals surface area contributed by atoms with Crippen LogP contribution in [0.15, 0.2) is 18.2 Å². The van der Waals surface area contributed by atoms with Gasteiger partial charge in [0, 0.05) is 34.2 Å². The van der Waals surface area contributed by atoms with Gasteiger partial charge in [-0.1, -0.05) is 0 Å². The van der Waals surface area contributed by atoms with Gasteiger partial charge < -0.3 is 5.32 Å². The number of sulfone groups is 1. The molecule has 1 aromatic carbocycles. The normalized spacial score (nSPS) is 11.2. The van der Waals surface area contributed by atoms with E-state index in [-0.39, 0.29) is 18.0 Å². The number of nitrogens with one attached hydrogen (secondary N) is 1. The topological polar surface area (TPSA) is 89.3 Å². The summed E-state index contributed by atoms with van der Waals surface area (Å²) in [5.41, 5.74) is 0.711. The van der Waals surface area contributed by atoms with Gasteiger partial charge in [0.2, 0.25) is 0 Å². The van der Waals surface area contributed by atoms with Gasteiger partial charge in [-0.25, -0.2) is 8.42 Å². The molecule has 0 aliphatic rings. The molecule has 0 saturated heterocycles. The van der Waals surface area contributed by atoms with Gasteiger partial charge in [-0.05, 0) is 28.7 Å². The summed E-state index contributed by atoms with van der Waals surface area (Å²) in [4.78, 5) is 10.0. The fourth-order valence-electron chi connectivity index (χ4n) is 1.13. The fraction of sp³-hybridized carbons (Fsp3) is 0.333.